The van der Waals surface area contributed by atoms with Crippen molar-refractivity contribution in [3.63, 3.8) is 0 Å². The van der Waals surface area contributed by atoms with Gasteiger partial charge in [0.15, 0.2) is 0 Å². The summed E-state index contributed by atoms with van der Waals surface area (Å²) in [4.78, 5) is 11.9. The molecule has 1 aromatic carbocycles. The second-order valence-electron chi connectivity index (χ2n) is 5.27. The van der Waals surface area contributed by atoms with E-state index in [-0.39, 0.29) is 11.2 Å². The van der Waals surface area contributed by atoms with Crippen molar-refractivity contribution in [1.82, 2.24) is 5.32 Å². The average molecular weight is 293 g/mol. The number of benzene rings is 1. The van der Waals surface area contributed by atoms with Gasteiger partial charge in [0.05, 0.1) is 18.0 Å². The maximum Gasteiger partial charge on any atom is 0.233 e. The van der Waals surface area contributed by atoms with Crippen molar-refractivity contribution >= 4 is 18.5 Å². The number of thiol groups is 1. The first-order valence-corrected chi connectivity index (χ1v) is 7.88. The Morgan fingerprint density at radius 1 is 1.30 bits per heavy atom. The molecule has 0 radical (unpaired) electrons. The summed E-state index contributed by atoms with van der Waals surface area (Å²) in [6.45, 7) is 1.17. The van der Waals surface area contributed by atoms with Gasteiger partial charge in [-0.3, -0.25) is 4.79 Å². The molecule has 1 fully saturated rings. The van der Waals surface area contributed by atoms with Crippen molar-refractivity contribution in [3.05, 3.63) is 35.9 Å². The van der Waals surface area contributed by atoms with Crippen molar-refractivity contribution < 1.29 is 9.53 Å². The third-order valence-electron chi connectivity index (χ3n) is 3.63. The Morgan fingerprint density at radius 3 is 2.70 bits per heavy atom. The van der Waals surface area contributed by atoms with Crippen LogP contribution in [0.15, 0.2) is 30.3 Å². The molecular weight excluding hydrogens is 270 g/mol. The highest BCUT2D eigenvalue weighted by Gasteiger charge is 2.16. The lowest BCUT2D eigenvalue weighted by atomic mass is 10.1. The molecule has 3 nitrogen and oxygen atoms in total. The molecule has 0 bridgehead atoms. The van der Waals surface area contributed by atoms with Crippen LogP contribution < -0.4 is 5.32 Å². The van der Waals surface area contributed by atoms with Gasteiger partial charge < -0.3 is 10.1 Å². The van der Waals surface area contributed by atoms with Crippen LogP contribution in [-0.2, 0) is 16.0 Å². The third kappa shape index (κ3) is 5.17. The first-order valence-electron chi connectivity index (χ1n) is 7.37. The molecule has 4 heteroatoms. The predicted molar refractivity (Wildman–Crippen MR) is 84.1 cm³/mol. The minimum Gasteiger partial charge on any atom is -0.376 e. The summed E-state index contributed by atoms with van der Waals surface area (Å²) in [5.41, 5.74) is 1.13. The van der Waals surface area contributed by atoms with Gasteiger partial charge in [-0.1, -0.05) is 43.2 Å². The van der Waals surface area contributed by atoms with Crippen molar-refractivity contribution in [3.8, 4) is 0 Å². The van der Waals surface area contributed by atoms with Crippen LogP contribution in [0.4, 0.5) is 0 Å². The van der Waals surface area contributed by atoms with Gasteiger partial charge in [0, 0.05) is 6.54 Å². The van der Waals surface area contributed by atoms with E-state index in [0.717, 1.165) is 18.4 Å². The standard InChI is InChI=1S/C16H23NO2S/c18-16(15(20)12-13-6-2-1-3-7-13)17-10-11-19-14-8-4-5-9-14/h1-3,6-7,14-15,20H,4-5,8-12H2,(H,17,18). The molecule has 0 aromatic heterocycles. The molecule has 0 aliphatic heterocycles. The number of carbonyl (C=O) groups excluding carboxylic acids is 1. The van der Waals surface area contributed by atoms with Gasteiger partial charge in [-0.25, -0.2) is 0 Å². The van der Waals surface area contributed by atoms with Crippen molar-refractivity contribution in [2.75, 3.05) is 13.2 Å². The molecule has 20 heavy (non-hydrogen) atoms. The molecule has 0 spiro atoms. The molecular formula is C16H23NO2S. The zero-order chi connectivity index (χ0) is 14.2. The molecule has 1 aliphatic rings. The van der Waals surface area contributed by atoms with Crippen LogP contribution in [-0.4, -0.2) is 30.4 Å². The van der Waals surface area contributed by atoms with E-state index in [9.17, 15) is 4.79 Å². The van der Waals surface area contributed by atoms with Crippen molar-refractivity contribution in [1.29, 1.82) is 0 Å². The molecule has 1 aliphatic carbocycles. The van der Waals surface area contributed by atoms with Gasteiger partial charge in [-0.15, -0.1) is 0 Å². The molecule has 1 saturated carbocycles. The Kier molecular flexibility index (Phi) is 6.40. The van der Waals surface area contributed by atoms with Gasteiger partial charge in [-0.2, -0.15) is 12.6 Å². The largest absolute Gasteiger partial charge is 0.376 e. The fourth-order valence-corrected chi connectivity index (χ4v) is 2.80. The normalized spacial score (nSPS) is 17.1. The average Bonchev–Trinajstić information content (AvgIpc) is 2.97. The van der Waals surface area contributed by atoms with E-state index in [2.05, 4.69) is 17.9 Å². The predicted octanol–water partition coefficient (Wildman–Crippen LogP) is 2.60. The van der Waals surface area contributed by atoms with E-state index < -0.39 is 0 Å². The fourth-order valence-electron chi connectivity index (χ4n) is 2.50. The van der Waals surface area contributed by atoms with E-state index in [4.69, 9.17) is 4.74 Å². The molecule has 2 rings (SSSR count). The van der Waals surface area contributed by atoms with Crippen LogP contribution in [0.1, 0.15) is 31.2 Å². The summed E-state index contributed by atoms with van der Waals surface area (Å²) in [6, 6.07) is 9.95. The molecule has 110 valence electrons. The molecule has 1 N–H and O–H groups in total. The van der Waals surface area contributed by atoms with Crippen molar-refractivity contribution in [2.24, 2.45) is 0 Å². The second-order valence-corrected chi connectivity index (χ2v) is 5.90. The summed E-state index contributed by atoms with van der Waals surface area (Å²) < 4.78 is 5.71. The van der Waals surface area contributed by atoms with E-state index in [0.29, 0.717) is 25.7 Å². The SMILES string of the molecule is O=C(NCCOC1CCCC1)C(S)Cc1ccccc1. The number of ether oxygens (including phenoxy) is 1. The minimum absolute atomic E-state index is 0.0211. The van der Waals surface area contributed by atoms with E-state index in [1.807, 2.05) is 30.3 Å². The van der Waals surface area contributed by atoms with E-state index in [1.54, 1.807) is 0 Å². The van der Waals surface area contributed by atoms with Gasteiger partial charge in [0.25, 0.3) is 0 Å². The van der Waals surface area contributed by atoms with E-state index >= 15 is 0 Å². The highest BCUT2D eigenvalue weighted by atomic mass is 32.1. The molecule has 0 heterocycles. The lowest BCUT2D eigenvalue weighted by Crippen LogP contribution is -2.35. The topological polar surface area (TPSA) is 38.3 Å². The Labute approximate surface area is 126 Å². The van der Waals surface area contributed by atoms with Crippen LogP contribution in [0.2, 0.25) is 0 Å². The Balaban J connectivity index is 1.61. The third-order valence-corrected chi connectivity index (χ3v) is 4.05. The highest BCUT2D eigenvalue weighted by Crippen LogP contribution is 2.20. The Bertz CT molecular complexity index is 404. The smallest absolute Gasteiger partial charge is 0.233 e. The number of hydrogen-bond acceptors (Lipinski definition) is 3. The quantitative estimate of drug-likeness (QED) is 0.599. The number of nitrogens with one attached hydrogen (secondary N) is 1. The van der Waals surface area contributed by atoms with Crippen LogP contribution in [0.25, 0.3) is 0 Å². The minimum atomic E-state index is -0.302. The lowest BCUT2D eigenvalue weighted by molar-refractivity contribution is -0.120. The molecule has 1 unspecified atom stereocenters. The number of amides is 1. The van der Waals surface area contributed by atoms with Gasteiger partial charge in [-0.05, 0) is 24.8 Å². The molecule has 1 amide bonds. The zero-order valence-electron chi connectivity index (χ0n) is 11.8. The summed E-state index contributed by atoms with van der Waals surface area (Å²) in [7, 11) is 0. The monoisotopic (exact) mass is 293 g/mol. The number of carbonyl (C=O) groups is 1. The summed E-state index contributed by atoms with van der Waals surface area (Å²) in [5.74, 6) is -0.0211. The molecule has 0 saturated heterocycles. The maximum absolute atomic E-state index is 11.9. The zero-order valence-corrected chi connectivity index (χ0v) is 12.6. The van der Waals surface area contributed by atoms with Crippen LogP contribution in [0.3, 0.4) is 0 Å². The fraction of sp³-hybridized carbons (Fsp3) is 0.562. The highest BCUT2D eigenvalue weighted by molar-refractivity contribution is 7.81. The van der Waals surface area contributed by atoms with Crippen LogP contribution in [0.5, 0.6) is 0 Å². The summed E-state index contributed by atoms with van der Waals surface area (Å²) in [5, 5.41) is 2.58. The first kappa shape index (κ1) is 15.4. The van der Waals surface area contributed by atoms with Gasteiger partial charge in [0.1, 0.15) is 0 Å². The Morgan fingerprint density at radius 2 is 2.00 bits per heavy atom. The van der Waals surface area contributed by atoms with Crippen LogP contribution in [0, 0.1) is 0 Å². The summed E-state index contributed by atoms with van der Waals surface area (Å²) >= 11 is 4.37. The molecule has 1 atom stereocenters. The van der Waals surface area contributed by atoms with Gasteiger partial charge in [0.2, 0.25) is 5.91 Å². The summed E-state index contributed by atoms with van der Waals surface area (Å²) in [6.07, 6.45) is 5.93. The Hall–Kier alpha value is -1.00. The van der Waals surface area contributed by atoms with E-state index in [1.165, 1.54) is 12.8 Å². The first-order chi connectivity index (χ1) is 9.75. The molecule has 1 aromatic rings. The van der Waals surface area contributed by atoms with Crippen molar-refractivity contribution in [2.45, 2.75) is 43.5 Å². The van der Waals surface area contributed by atoms with Gasteiger partial charge >= 0.3 is 0 Å². The number of hydrogen-bond donors (Lipinski definition) is 2. The number of rotatable bonds is 7. The lowest BCUT2D eigenvalue weighted by Gasteiger charge is -2.14. The second kappa shape index (κ2) is 8.32. The maximum atomic E-state index is 11.9. The van der Waals surface area contributed by atoms with Crippen LogP contribution >= 0.6 is 12.6 Å².